The third kappa shape index (κ3) is 3.68. The molecule has 5 rings (SSSR count). The summed E-state index contributed by atoms with van der Waals surface area (Å²) in [5.41, 5.74) is -0.909. The molecule has 1 aromatic rings. The number of ether oxygens (including phenoxy) is 3. The van der Waals surface area contributed by atoms with Gasteiger partial charge in [0.1, 0.15) is 18.0 Å². The fraction of sp³-hybridized carbons (Fsp3) is 0.724. The quantitative estimate of drug-likeness (QED) is 0.422. The van der Waals surface area contributed by atoms with Gasteiger partial charge in [-0.05, 0) is 49.0 Å². The molecule has 0 spiro atoms. The van der Waals surface area contributed by atoms with Crippen molar-refractivity contribution in [3.8, 4) is 0 Å². The van der Waals surface area contributed by atoms with Crippen LogP contribution < -0.4 is 0 Å². The fourth-order valence-electron chi connectivity index (χ4n) is 9.09. The molecular formula is C29H38O8. The third-order valence-corrected chi connectivity index (χ3v) is 10.7. The summed E-state index contributed by atoms with van der Waals surface area (Å²) in [6.07, 6.45) is 4.63. The first-order valence-corrected chi connectivity index (χ1v) is 13.4. The third-order valence-electron chi connectivity index (χ3n) is 10.7. The van der Waals surface area contributed by atoms with Gasteiger partial charge in [0.05, 0.1) is 25.6 Å². The average molecular weight is 515 g/mol. The van der Waals surface area contributed by atoms with E-state index in [2.05, 4.69) is 6.92 Å². The Labute approximate surface area is 217 Å². The molecule has 8 nitrogen and oxygen atoms in total. The van der Waals surface area contributed by atoms with Crippen LogP contribution in [0.1, 0.15) is 78.4 Å². The molecule has 37 heavy (non-hydrogen) atoms. The lowest BCUT2D eigenvalue weighted by molar-refractivity contribution is -0.231. The zero-order valence-electron chi connectivity index (χ0n) is 22.6. The van der Waals surface area contributed by atoms with Crippen molar-refractivity contribution < 1.29 is 37.8 Å². The van der Waals surface area contributed by atoms with E-state index in [1.165, 1.54) is 14.0 Å². The monoisotopic (exact) mass is 514 g/mol. The van der Waals surface area contributed by atoms with Crippen LogP contribution in [0.5, 0.6) is 0 Å². The normalized spacial score (nSPS) is 42.2. The van der Waals surface area contributed by atoms with Crippen molar-refractivity contribution in [3.05, 3.63) is 24.2 Å². The van der Waals surface area contributed by atoms with E-state index in [1.807, 2.05) is 26.8 Å². The maximum Gasteiger partial charge on any atom is 0.306 e. The Morgan fingerprint density at radius 3 is 2.49 bits per heavy atom. The molecule has 1 aliphatic heterocycles. The summed E-state index contributed by atoms with van der Waals surface area (Å²) in [5.74, 6) is -1.84. The summed E-state index contributed by atoms with van der Waals surface area (Å²) in [4.78, 5) is 52.1. The summed E-state index contributed by atoms with van der Waals surface area (Å²) in [6, 6.07) is 1.85. The number of esters is 3. The molecule has 3 aliphatic carbocycles. The van der Waals surface area contributed by atoms with Gasteiger partial charge in [0.15, 0.2) is 0 Å². The number of carbonyl (C=O) groups excluding carboxylic acids is 4. The standard InChI is InChI=1S/C29H38O8/c1-15(30)36-26-18-11-17-19(29(5,24(18)33)21(27(26,2)3)13-22(31)34-6)7-9-28(4)20(17)12-23(32)37-25(28)16-8-10-35-14-16/h8,10,14,17-21,25-26H,7,9,11-13H2,1-6H3/t17?,18-,19?,20?,21+,25+,26+,28-,29-/m1/s1. The average Bonchev–Trinajstić information content (AvgIpc) is 3.36. The molecule has 4 fully saturated rings. The van der Waals surface area contributed by atoms with Gasteiger partial charge >= 0.3 is 17.9 Å². The first-order valence-electron chi connectivity index (χ1n) is 13.4. The van der Waals surface area contributed by atoms with Crippen LogP contribution in [0.2, 0.25) is 0 Å². The van der Waals surface area contributed by atoms with Gasteiger partial charge < -0.3 is 18.6 Å². The molecule has 0 N–H and O–H groups in total. The Bertz CT molecular complexity index is 1110. The minimum atomic E-state index is -0.810. The smallest absolute Gasteiger partial charge is 0.306 e. The zero-order chi connectivity index (χ0) is 26.9. The Hall–Kier alpha value is -2.64. The van der Waals surface area contributed by atoms with Crippen molar-refractivity contribution >= 4 is 23.7 Å². The number of methoxy groups -OCH3 is 1. The molecule has 2 bridgehead atoms. The molecule has 0 radical (unpaired) electrons. The van der Waals surface area contributed by atoms with Gasteiger partial charge in [-0.25, -0.2) is 0 Å². The number of furan rings is 1. The topological polar surface area (TPSA) is 109 Å². The van der Waals surface area contributed by atoms with Gasteiger partial charge in [-0.2, -0.15) is 0 Å². The molecule has 2 heterocycles. The Morgan fingerprint density at radius 1 is 1.14 bits per heavy atom. The first-order chi connectivity index (χ1) is 17.4. The Balaban J connectivity index is 1.61. The number of Topliss-reactive ketones (excluding diaryl/α,β-unsaturated/α-hetero) is 1. The summed E-state index contributed by atoms with van der Waals surface area (Å²) in [5, 5.41) is 0. The second-order valence-corrected chi connectivity index (χ2v) is 12.7. The molecule has 9 atom stereocenters. The number of ketones is 1. The highest BCUT2D eigenvalue weighted by molar-refractivity contribution is 5.91. The van der Waals surface area contributed by atoms with Gasteiger partial charge in [-0.3, -0.25) is 19.2 Å². The van der Waals surface area contributed by atoms with Crippen molar-refractivity contribution in [2.45, 2.75) is 78.9 Å². The molecule has 1 saturated heterocycles. The molecule has 3 unspecified atom stereocenters. The molecule has 202 valence electrons. The van der Waals surface area contributed by atoms with E-state index in [-0.39, 0.29) is 59.7 Å². The second kappa shape index (κ2) is 8.70. The highest BCUT2D eigenvalue weighted by Gasteiger charge is 2.71. The largest absolute Gasteiger partial charge is 0.472 e. The van der Waals surface area contributed by atoms with Crippen molar-refractivity contribution in [3.63, 3.8) is 0 Å². The second-order valence-electron chi connectivity index (χ2n) is 12.7. The van der Waals surface area contributed by atoms with Gasteiger partial charge in [0, 0.05) is 41.6 Å². The van der Waals surface area contributed by atoms with Crippen LogP contribution in [0.4, 0.5) is 0 Å². The van der Waals surface area contributed by atoms with Crippen LogP contribution in [0.25, 0.3) is 0 Å². The number of cyclic esters (lactones) is 1. The van der Waals surface area contributed by atoms with Gasteiger partial charge in [-0.15, -0.1) is 0 Å². The van der Waals surface area contributed by atoms with E-state index in [0.717, 1.165) is 18.4 Å². The van der Waals surface area contributed by atoms with Crippen LogP contribution in [-0.4, -0.2) is 36.9 Å². The predicted molar refractivity (Wildman–Crippen MR) is 131 cm³/mol. The van der Waals surface area contributed by atoms with Crippen LogP contribution in [-0.2, 0) is 33.4 Å². The maximum atomic E-state index is 14.3. The maximum absolute atomic E-state index is 14.3. The SMILES string of the molecule is COC(=O)C[C@H]1C(C)(C)[C@@H](OC(C)=O)[C@@H]2CC3C4CC(=O)O[C@@H](c5ccoc5)[C@]4(C)CCC3[C@@]1(C)C2=O. The van der Waals surface area contributed by atoms with E-state index in [1.54, 1.807) is 12.5 Å². The van der Waals surface area contributed by atoms with E-state index in [9.17, 15) is 19.2 Å². The number of hydrogen-bond donors (Lipinski definition) is 0. The Morgan fingerprint density at radius 2 is 1.86 bits per heavy atom. The number of hydrogen-bond acceptors (Lipinski definition) is 8. The van der Waals surface area contributed by atoms with E-state index in [0.29, 0.717) is 6.42 Å². The van der Waals surface area contributed by atoms with Gasteiger partial charge in [0.25, 0.3) is 0 Å². The van der Waals surface area contributed by atoms with Gasteiger partial charge in [-0.1, -0.05) is 27.7 Å². The molecule has 1 aromatic heterocycles. The first kappa shape index (κ1) is 26.0. The Kier molecular flexibility index (Phi) is 6.11. The number of rotatable bonds is 4. The molecular weight excluding hydrogens is 476 g/mol. The van der Waals surface area contributed by atoms with Gasteiger partial charge in [0.2, 0.25) is 0 Å². The van der Waals surface area contributed by atoms with Crippen LogP contribution in [0.3, 0.4) is 0 Å². The summed E-state index contributed by atoms with van der Waals surface area (Å²) in [6.45, 7) is 9.57. The summed E-state index contributed by atoms with van der Waals surface area (Å²) < 4.78 is 22.2. The molecule has 8 heteroatoms. The van der Waals surface area contributed by atoms with Crippen LogP contribution >= 0.6 is 0 Å². The molecule has 0 aromatic carbocycles. The highest BCUT2D eigenvalue weighted by Crippen LogP contribution is 2.70. The lowest BCUT2D eigenvalue weighted by Gasteiger charge is -2.66. The van der Waals surface area contributed by atoms with Crippen molar-refractivity contribution in [1.29, 1.82) is 0 Å². The molecule has 0 amide bonds. The lowest BCUT2D eigenvalue weighted by atomic mass is 9.37. The van der Waals surface area contributed by atoms with Crippen molar-refractivity contribution in [2.75, 3.05) is 7.11 Å². The predicted octanol–water partition coefficient (Wildman–Crippen LogP) is 4.66. The van der Waals surface area contributed by atoms with E-state index in [4.69, 9.17) is 18.6 Å². The van der Waals surface area contributed by atoms with Crippen molar-refractivity contribution in [1.82, 2.24) is 0 Å². The fourth-order valence-corrected chi connectivity index (χ4v) is 9.09. The molecule has 3 saturated carbocycles. The minimum Gasteiger partial charge on any atom is -0.472 e. The number of carbonyl (C=O) groups is 4. The summed E-state index contributed by atoms with van der Waals surface area (Å²) >= 11 is 0. The summed E-state index contributed by atoms with van der Waals surface area (Å²) in [7, 11) is 1.36. The zero-order valence-corrected chi connectivity index (χ0v) is 22.6. The van der Waals surface area contributed by atoms with Crippen molar-refractivity contribution in [2.24, 2.45) is 45.8 Å². The highest BCUT2D eigenvalue weighted by atomic mass is 16.6. The molecule has 4 aliphatic rings. The van der Waals surface area contributed by atoms with E-state index < -0.39 is 34.9 Å². The van der Waals surface area contributed by atoms with Crippen LogP contribution in [0, 0.1) is 45.8 Å². The lowest BCUT2D eigenvalue weighted by Crippen LogP contribution is -2.69. The minimum absolute atomic E-state index is 0.00238. The number of fused-ring (bicyclic) bond motifs is 6. The van der Waals surface area contributed by atoms with Crippen LogP contribution in [0.15, 0.2) is 23.0 Å². The van der Waals surface area contributed by atoms with E-state index >= 15 is 0 Å².